The Morgan fingerprint density at radius 1 is 1.19 bits per heavy atom. The summed E-state index contributed by atoms with van der Waals surface area (Å²) in [7, 11) is 0. The summed E-state index contributed by atoms with van der Waals surface area (Å²) in [6.07, 6.45) is 3.36. The lowest BCUT2D eigenvalue weighted by Crippen LogP contribution is -2.16. The molecule has 3 aromatic rings. The van der Waals surface area contributed by atoms with Crippen LogP contribution in [0.25, 0.3) is 5.82 Å². The topological polar surface area (TPSA) is 116 Å². The number of halogens is 1. The summed E-state index contributed by atoms with van der Waals surface area (Å²) >= 11 is 4.56. The van der Waals surface area contributed by atoms with E-state index in [1.807, 2.05) is 6.07 Å². The quantitative estimate of drug-likeness (QED) is 0.577. The lowest BCUT2D eigenvalue weighted by molar-refractivity contribution is -0.115. The van der Waals surface area contributed by atoms with Crippen LogP contribution in [0.4, 0.5) is 5.69 Å². The molecule has 2 amide bonds. The fourth-order valence-corrected chi connectivity index (χ4v) is 3.06. The van der Waals surface area contributed by atoms with E-state index >= 15 is 0 Å². The van der Waals surface area contributed by atoms with Gasteiger partial charge in [-0.05, 0) is 40.2 Å². The van der Waals surface area contributed by atoms with Gasteiger partial charge in [0.2, 0.25) is 5.91 Å². The third kappa shape index (κ3) is 4.46. The molecule has 3 N–H and O–H groups in total. The minimum absolute atomic E-state index is 0.126. The zero-order chi connectivity index (χ0) is 18.5. The summed E-state index contributed by atoms with van der Waals surface area (Å²) in [5, 5.41) is 14.8. The highest BCUT2D eigenvalue weighted by atomic mass is 79.9. The molecule has 0 unspecified atom stereocenters. The Morgan fingerprint density at radius 3 is 2.65 bits per heavy atom. The zero-order valence-corrected chi connectivity index (χ0v) is 15.7. The molecule has 0 saturated heterocycles. The average Bonchev–Trinajstić information content (AvgIpc) is 3.07. The minimum atomic E-state index is -0.428. The van der Waals surface area contributed by atoms with Crippen LogP contribution >= 0.6 is 27.7 Å². The van der Waals surface area contributed by atoms with Crippen LogP contribution in [0.1, 0.15) is 10.5 Å². The minimum Gasteiger partial charge on any atom is -0.369 e. The van der Waals surface area contributed by atoms with E-state index in [1.165, 1.54) is 16.4 Å². The van der Waals surface area contributed by atoms with Crippen LogP contribution in [-0.4, -0.2) is 37.5 Å². The summed E-state index contributed by atoms with van der Waals surface area (Å²) in [6.45, 7) is 0. The Labute approximate surface area is 161 Å². The number of aromatic nitrogens is 4. The Bertz CT molecular complexity index is 944. The molecule has 1 aromatic carbocycles. The zero-order valence-electron chi connectivity index (χ0n) is 13.3. The van der Waals surface area contributed by atoms with Crippen molar-refractivity contribution in [2.75, 3.05) is 11.1 Å². The highest BCUT2D eigenvalue weighted by Gasteiger charge is 2.12. The number of amides is 2. The number of thioether (sulfide) groups is 1. The van der Waals surface area contributed by atoms with Crippen LogP contribution in [-0.2, 0) is 4.79 Å². The fraction of sp³-hybridized carbons (Fsp3) is 0.0625. The molecule has 0 aliphatic carbocycles. The second kappa shape index (κ2) is 8.11. The molecule has 132 valence electrons. The number of primary amides is 1. The van der Waals surface area contributed by atoms with Crippen molar-refractivity contribution < 1.29 is 9.59 Å². The first kappa shape index (κ1) is 18.1. The lowest BCUT2D eigenvalue weighted by Gasteiger charge is -2.09. The van der Waals surface area contributed by atoms with Gasteiger partial charge in [0.1, 0.15) is 0 Å². The molecule has 0 atom stereocenters. The number of nitrogens with zero attached hydrogens (tertiary/aromatic N) is 4. The van der Waals surface area contributed by atoms with Gasteiger partial charge in [-0.1, -0.05) is 12.1 Å². The summed E-state index contributed by atoms with van der Waals surface area (Å²) in [4.78, 5) is 24.1. The third-order valence-corrected chi connectivity index (χ3v) is 4.68. The van der Waals surface area contributed by atoms with Crippen molar-refractivity contribution in [1.82, 2.24) is 20.0 Å². The predicted molar refractivity (Wildman–Crippen MR) is 101 cm³/mol. The number of benzene rings is 1. The molecular weight excluding hydrogens is 420 g/mol. The van der Waals surface area contributed by atoms with Crippen LogP contribution in [0, 0.1) is 0 Å². The van der Waals surface area contributed by atoms with Gasteiger partial charge in [-0.2, -0.15) is 5.10 Å². The molecule has 0 saturated carbocycles. The Morgan fingerprint density at radius 2 is 2.00 bits per heavy atom. The highest BCUT2D eigenvalue weighted by Crippen LogP contribution is 2.27. The van der Waals surface area contributed by atoms with E-state index in [0.29, 0.717) is 11.5 Å². The van der Waals surface area contributed by atoms with Crippen molar-refractivity contribution in [3.8, 4) is 5.82 Å². The van der Waals surface area contributed by atoms with Gasteiger partial charge in [0, 0.05) is 11.1 Å². The number of para-hydroxylation sites is 1. The molecule has 0 aliphatic rings. The van der Waals surface area contributed by atoms with Crippen molar-refractivity contribution in [3.05, 3.63) is 59.0 Å². The van der Waals surface area contributed by atoms with E-state index in [9.17, 15) is 9.59 Å². The number of hydrogen-bond donors (Lipinski definition) is 2. The lowest BCUT2D eigenvalue weighted by atomic mass is 10.3. The molecular formula is C16H13BrN6O2S. The standard InChI is InChI=1S/C16H13BrN6O2S/c17-10-7-19-23(8-10)15-6-5-12(21-22-15)16(25)20-11-3-1-2-4-13(11)26-9-14(18)24/h1-8H,9H2,(H2,18,24)(H,20,25). The maximum atomic E-state index is 12.4. The molecule has 8 nitrogen and oxygen atoms in total. The predicted octanol–water partition coefficient (Wildman–Crippen LogP) is 2.25. The number of carbonyl (C=O) groups is 2. The van der Waals surface area contributed by atoms with E-state index in [4.69, 9.17) is 5.73 Å². The molecule has 26 heavy (non-hydrogen) atoms. The van der Waals surface area contributed by atoms with Gasteiger partial charge < -0.3 is 11.1 Å². The van der Waals surface area contributed by atoms with Crippen LogP contribution in [0.5, 0.6) is 0 Å². The normalized spacial score (nSPS) is 10.5. The highest BCUT2D eigenvalue weighted by molar-refractivity contribution is 9.10. The average molecular weight is 433 g/mol. The van der Waals surface area contributed by atoms with Crippen molar-refractivity contribution >= 4 is 45.2 Å². The van der Waals surface area contributed by atoms with Crippen LogP contribution in [0.15, 0.2) is 58.2 Å². The molecule has 0 bridgehead atoms. The Balaban J connectivity index is 1.73. The second-order valence-corrected chi connectivity index (χ2v) is 7.02. The first-order valence-electron chi connectivity index (χ1n) is 7.38. The van der Waals surface area contributed by atoms with Gasteiger partial charge in [0.05, 0.1) is 22.1 Å². The summed E-state index contributed by atoms with van der Waals surface area (Å²) in [5.41, 5.74) is 5.91. The van der Waals surface area contributed by atoms with E-state index in [0.717, 1.165) is 9.37 Å². The van der Waals surface area contributed by atoms with Gasteiger partial charge in [-0.3, -0.25) is 9.59 Å². The van der Waals surface area contributed by atoms with E-state index in [2.05, 4.69) is 36.5 Å². The van der Waals surface area contributed by atoms with Gasteiger partial charge in [-0.25, -0.2) is 4.68 Å². The Kier molecular flexibility index (Phi) is 5.64. The molecule has 3 rings (SSSR count). The van der Waals surface area contributed by atoms with Crippen molar-refractivity contribution in [1.29, 1.82) is 0 Å². The van der Waals surface area contributed by atoms with Gasteiger partial charge in [-0.15, -0.1) is 22.0 Å². The molecule has 10 heteroatoms. The van der Waals surface area contributed by atoms with Crippen molar-refractivity contribution in [2.24, 2.45) is 5.73 Å². The summed E-state index contributed by atoms with van der Waals surface area (Å²) < 4.78 is 2.35. The van der Waals surface area contributed by atoms with E-state index in [-0.39, 0.29) is 11.4 Å². The number of hydrogen-bond acceptors (Lipinski definition) is 6. The maximum Gasteiger partial charge on any atom is 0.276 e. The molecule has 0 radical (unpaired) electrons. The van der Waals surface area contributed by atoms with Crippen LogP contribution in [0.2, 0.25) is 0 Å². The van der Waals surface area contributed by atoms with Gasteiger partial charge in [0.25, 0.3) is 5.91 Å². The second-order valence-electron chi connectivity index (χ2n) is 5.09. The van der Waals surface area contributed by atoms with Gasteiger partial charge in [0.15, 0.2) is 11.5 Å². The third-order valence-electron chi connectivity index (χ3n) is 3.17. The van der Waals surface area contributed by atoms with Crippen LogP contribution in [0.3, 0.4) is 0 Å². The Hall–Kier alpha value is -2.72. The fourth-order valence-electron chi connectivity index (χ4n) is 2.03. The van der Waals surface area contributed by atoms with E-state index < -0.39 is 11.8 Å². The summed E-state index contributed by atoms with van der Waals surface area (Å²) in [6, 6.07) is 10.4. The number of carbonyl (C=O) groups excluding carboxylic acids is 2. The first-order chi connectivity index (χ1) is 12.5. The molecule has 2 heterocycles. The van der Waals surface area contributed by atoms with Crippen molar-refractivity contribution in [2.45, 2.75) is 4.90 Å². The molecule has 0 fully saturated rings. The maximum absolute atomic E-state index is 12.4. The van der Waals surface area contributed by atoms with Crippen molar-refractivity contribution in [3.63, 3.8) is 0 Å². The summed E-state index contributed by atoms with van der Waals surface area (Å²) in [5.74, 6) is -0.216. The number of nitrogens with one attached hydrogen (secondary N) is 1. The molecule has 0 aliphatic heterocycles. The van der Waals surface area contributed by atoms with Gasteiger partial charge >= 0.3 is 0 Å². The first-order valence-corrected chi connectivity index (χ1v) is 9.16. The largest absolute Gasteiger partial charge is 0.369 e. The smallest absolute Gasteiger partial charge is 0.276 e. The van der Waals surface area contributed by atoms with Crippen LogP contribution < -0.4 is 11.1 Å². The van der Waals surface area contributed by atoms with E-state index in [1.54, 1.807) is 42.7 Å². The molecule has 2 aromatic heterocycles. The molecule has 0 spiro atoms. The SMILES string of the molecule is NC(=O)CSc1ccccc1NC(=O)c1ccc(-n2cc(Br)cn2)nn1. The number of nitrogens with two attached hydrogens (primary N) is 1. The monoisotopic (exact) mass is 432 g/mol. The number of anilines is 1. The number of rotatable bonds is 6.